The van der Waals surface area contributed by atoms with Crippen LogP contribution in [0.2, 0.25) is 0 Å². The lowest BCUT2D eigenvalue weighted by atomic mass is 10.1. The molecular formula is C20H32Cl2N6O2. The second kappa shape index (κ2) is 12.7. The van der Waals surface area contributed by atoms with E-state index in [1.54, 1.807) is 0 Å². The number of hydrogen-bond acceptors (Lipinski definition) is 6. The molecule has 0 aliphatic carbocycles. The minimum atomic E-state index is -0.191. The molecular weight excluding hydrogens is 427 g/mol. The molecule has 1 aliphatic heterocycles. The zero-order chi connectivity index (χ0) is 19.9. The SMILES string of the molecule is Cc1c(C(=O)NCc2ccc(OCCN(C)C)cc2)nnn1C1CCNCC1.Cl.Cl. The number of nitrogens with zero attached hydrogens (tertiary/aromatic N) is 4. The van der Waals surface area contributed by atoms with Crippen LogP contribution in [0.4, 0.5) is 0 Å². The summed E-state index contributed by atoms with van der Waals surface area (Å²) in [5, 5.41) is 14.6. The first-order valence-electron chi connectivity index (χ1n) is 9.82. The number of carbonyl (C=O) groups is 1. The van der Waals surface area contributed by atoms with Crippen LogP contribution < -0.4 is 15.4 Å². The van der Waals surface area contributed by atoms with Crippen molar-refractivity contribution >= 4 is 30.7 Å². The molecule has 1 saturated heterocycles. The van der Waals surface area contributed by atoms with E-state index in [0.717, 1.165) is 49.5 Å². The number of benzene rings is 1. The average Bonchev–Trinajstić information content (AvgIpc) is 3.09. The van der Waals surface area contributed by atoms with E-state index >= 15 is 0 Å². The van der Waals surface area contributed by atoms with Crippen molar-refractivity contribution in [3.05, 3.63) is 41.2 Å². The number of ether oxygens (including phenoxy) is 1. The van der Waals surface area contributed by atoms with Crippen LogP contribution in [0, 0.1) is 6.92 Å². The Morgan fingerprint density at radius 2 is 1.90 bits per heavy atom. The molecule has 30 heavy (non-hydrogen) atoms. The van der Waals surface area contributed by atoms with Crippen molar-refractivity contribution < 1.29 is 9.53 Å². The molecule has 0 saturated carbocycles. The Bertz CT molecular complexity index is 776. The quantitative estimate of drug-likeness (QED) is 0.630. The molecule has 0 bridgehead atoms. The zero-order valence-corrected chi connectivity index (χ0v) is 19.4. The summed E-state index contributed by atoms with van der Waals surface area (Å²) in [4.78, 5) is 14.6. The molecule has 1 amide bonds. The molecule has 3 rings (SSSR count). The van der Waals surface area contributed by atoms with Gasteiger partial charge in [0.2, 0.25) is 0 Å². The zero-order valence-electron chi connectivity index (χ0n) is 17.8. The number of amides is 1. The average molecular weight is 459 g/mol. The van der Waals surface area contributed by atoms with Crippen LogP contribution in [0.1, 0.15) is 40.6 Å². The maximum absolute atomic E-state index is 12.5. The molecule has 8 nitrogen and oxygen atoms in total. The summed E-state index contributed by atoms with van der Waals surface area (Å²) < 4.78 is 7.59. The fraction of sp³-hybridized carbons (Fsp3) is 0.550. The maximum atomic E-state index is 12.5. The summed E-state index contributed by atoms with van der Waals surface area (Å²) in [5.41, 5.74) is 2.24. The van der Waals surface area contributed by atoms with Gasteiger partial charge in [-0.05, 0) is 64.6 Å². The van der Waals surface area contributed by atoms with E-state index in [1.165, 1.54) is 0 Å². The van der Waals surface area contributed by atoms with Gasteiger partial charge in [0.1, 0.15) is 12.4 Å². The Morgan fingerprint density at radius 3 is 2.53 bits per heavy atom. The number of hydrogen-bond donors (Lipinski definition) is 2. The number of rotatable bonds is 8. The van der Waals surface area contributed by atoms with E-state index in [-0.39, 0.29) is 30.7 Å². The number of aromatic nitrogens is 3. The third-order valence-electron chi connectivity index (χ3n) is 4.98. The maximum Gasteiger partial charge on any atom is 0.274 e. The predicted molar refractivity (Wildman–Crippen MR) is 122 cm³/mol. The number of nitrogens with one attached hydrogen (secondary N) is 2. The minimum absolute atomic E-state index is 0. The van der Waals surface area contributed by atoms with E-state index in [9.17, 15) is 4.79 Å². The van der Waals surface area contributed by atoms with Crippen molar-refractivity contribution in [3.8, 4) is 5.75 Å². The van der Waals surface area contributed by atoms with Gasteiger partial charge in [-0.25, -0.2) is 4.68 Å². The summed E-state index contributed by atoms with van der Waals surface area (Å²) in [5.74, 6) is 0.640. The normalized spacial score (nSPS) is 14.0. The van der Waals surface area contributed by atoms with Gasteiger partial charge < -0.3 is 20.3 Å². The summed E-state index contributed by atoms with van der Waals surface area (Å²) >= 11 is 0. The molecule has 1 fully saturated rings. The highest BCUT2D eigenvalue weighted by atomic mass is 35.5. The van der Waals surface area contributed by atoms with E-state index in [2.05, 4.69) is 25.8 Å². The first kappa shape index (κ1) is 26.2. The monoisotopic (exact) mass is 458 g/mol. The van der Waals surface area contributed by atoms with Gasteiger partial charge in [-0.15, -0.1) is 29.9 Å². The Kier molecular flexibility index (Phi) is 11.1. The van der Waals surface area contributed by atoms with Crippen LogP contribution in [-0.4, -0.2) is 66.1 Å². The van der Waals surface area contributed by atoms with Crippen LogP contribution >= 0.6 is 24.8 Å². The third kappa shape index (κ3) is 7.12. The molecule has 2 aromatic rings. The molecule has 10 heteroatoms. The van der Waals surface area contributed by atoms with Crippen molar-refractivity contribution in [1.82, 2.24) is 30.5 Å². The molecule has 0 radical (unpaired) electrons. The van der Waals surface area contributed by atoms with Gasteiger partial charge in [-0.2, -0.15) is 0 Å². The number of carbonyl (C=O) groups excluding carboxylic acids is 1. The van der Waals surface area contributed by atoms with Gasteiger partial charge in [0.05, 0.1) is 11.7 Å². The van der Waals surface area contributed by atoms with Gasteiger partial charge in [-0.3, -0.25) is 4.79 Å². The molecule has 0 atom stereocenters. The second-order valence-electron chi connectivity index (χ2n) is 7.43. The lowest BCUT2D eigenvalue weighted by molar-refractivity contribution is 0.0945. The molecule has 0 unspecified atom stereocenters. The highest BCUT2D eigenvalue weighted by molar-refractivity contribution is 5.93. The highest BCUT2D eigenvalue weighted by Crippen LogP contribution is 2.20. The van der Waals surface area contributed by atoms with Gasteiger partial charge >= 0.3 is 0 Å². The van der Waals surface area contributed by atoms with Gasteiger partial charge in [0.15, 0.2) is 5.69 Å². The Hall–Kier alpha value is -1.87. The van der Waals surface area contributed by atoms with Crippen LogP contribution in [-0.2, 0) is 6.54 Å². The number of likely N-dealkylation sites (N-methyl/N-ethyl adjacent to an activating group) is 1. The first-order chi connectivity index (χ1) is 13.5. The van der Waals surface area contributed by atoms with E-state index in [1.807, 2.05) is 50.0 Å². The molecule has 2 N–H and O–H groups in total. The standard InChI is InChI=1S/C20H30N6O2.2ClH/c1-15-19(23-24-26(15)17-8-10-21-11-9-17)20(27)22-14-16-4-6-18(7-5-16)28-13-12-25(2)3;;/h4-7,17,21H,8-14H2,1-3H3,(H,22,27);2*1H. The molecule has 1 aromatic carbocycles. The number of piperidine rings is 1. The fourth-order valence-electron chi connectivity index (χ4n) is 3.26. The van der Waals surface area contributed by atoms with Crippen LogP contribution in [0.25, 0.3) is 0 Å². The Morgan fingerprint density at radius 1 is 1.23 bits per heavy atom. The third-order valence-corrected chi connectivity index (χ3v) is 4.98. The lowest BCUT2D eigenvalue weighted by Crippen LogP contribution is -2.30. The van der Waals surface area contributed by atoms with Crippen LogP contribution in [0.3, 0.4) is 0 Å². The van der Waals surface area contributed by atoms with Crippen molar-refractivity contribution in [1.29, 1.82) is 0 Å². The minimum Gasteiger partial charge on any atom is -0.492 e. The Balaban J connectivity index is 0.00000225. The van der Waals surface area contributed by atoms with Crippen molar-refractivity contribution in [2.75, 3.05) is 40.3 Å². The molecule has 1 aromatic heterocycles. The first-order valence-corrected chi connectivity index (χ1v) is 9.82. The van der Waals surface area contributed by atoms with Crippen molar-refractivity contribution in [2.45, 2.75) is 32.4 Å². The van der Waals surface area contributed by atoms with Gasteiger partial charge in [0, 0.05) is 13.1 Å². The predicted octanol–water partition coefficient (Wildman–Crippen LogP) is 2.23. The summed E-state index contributed by atoms with van der Waals surface area (Å²) in [6.07, 6.45) is 2.02. The smallest absolute Gasteiger partial charge is 0.274 e. The molecule has 2 heterocycles. The molecule has 0 spiro atoms. The summed E-state index contributed by atoms with van der Waals surface area (Å²) in [7, 11) is 4.03. The van der Waals surface area contributed by atoms with Crippen molar-refractivity contribution in [3.63, 3.8) is 0 Å². The summed E-state index contributed by atoms with van der Waals surface area (Å²) in [6, 6.07) is 8.09. The topological polar surface area (TPSA) is 84.3 Å². The van der Waals surface area contributed by atoms with E-state index < -0.39 is 0 Å². The van der Waals surface area contributed by atoms with Crippen LogP contribution in [0.5, 0.6) is 5.75 Å². The van der Waals surface area contributed by atoms with Crippen molar-refractivity contribution in [2.24, 2.45) is 0 Å². The Labute approximate surface area is 190 Å². The van der Waals surface area contributed by atoms with Crippen LogP contribution in [0.15, 0.2) is 24.3 Å². The lowest BCUT2D eigenvalue weighted by Gasteiger charge is -2.23. The highest BCUT2D eigenvalue weighted by Gasteiger charge is 2.22. The van der Waals surface area contributed by atoms with Gasteiger partial charge in [0.25, 0.3) is 5.91 Å². The second-order valence-corrected chi connectivity index (χ2v) is 7.43. The van der Waals surface area contributed by atoms with E-state index in [4.69, 9.17) is 4.74 Å². The summed E-state index contributed by atoms with van der Waals surface area (Å²) in [6.45, 7) is 5.82. The number of halogens is 2. The van der Waals surface area contributed by atoms with Gasteiger partial charge in [-0.1, -0.05) is 17.3 Å². The molecule has 168 valence electrons. The van der Waals surface area contributed by atoms with E-state index in [0.29, 0.717) is 24.9 Å². The fourth-order valence-corrected chi connectivity index (χ4v) is 3.26. The largest absolute Gasteiger partial charge is 0.492 e. The molecule has 1 aliphatic rings.